The van der Waals surface area contributed by atoms with Crippen molar-refractivity contribution in [2.24, 2.45) is 10.8 Å². The number of phenols is 1. The van der Waals surface area contributed by atoms with Gasteiger partial charge in [0.2, 0.25) is 5.75 Å². The van der Waals surface area contributed by atoms with Crippen LogP contribution in [0.2, 0.25) is 0 Å². The maximum absolute atomic E-state index is 11.9. The van der Waals surface area contributed by atoms with Gasteiger partial charge in [0, 0.05) is 0 Å². The van der Waals surface area contributed by atoms with Crippen molar-refractivity contribution in [1.82, 2.24) is 0 Å². The minimum Gasteiger partial charge on any atom is -0.504 e. The fourth-order valence-corrected chi connectivity index (χ4v) is 1.19. The first-order valence-corrected chi connectivity index (χ1v) is 6.69. The highest BCUT2D eigenvalue weighted by atomic mass is 16.6. The van der Waals surface area contributed by atoms with Gasteiger partial charge in [-0.3, -0.25) is 9.59 Å². The van der Waals surface area contributed by atoms with Crippen LogP contribution in [0.5, 0.6) is 17.2 Å². The molecule has 0 saturated heterocycles. The zero-order valence-electron chi connectivity index (χ0n) is 13.3. The van der Waals surface area contributed by atoms with Crippen LogP contribution in [0.15, 0.2) is 18.2 Å². The van der Waals surface area contributed by atoms with Crippen molar-refractivity contribution in [3.63, 3.8) is 0 Å². The van der Waals surface area contributed by atoms with Gasteiger partial charge in [0.15, 0.2) is 11.5 Å². The molecular weight excluding hydrogens is 272 g/mol. The van der Waals surface area contributed by atoms with Crippen LogP contribution in [0.1, 0.15) is 41.5 Å². The van der Waals surface area contributed by atoms with Crippen LogP contribution in [0.4, 0.5) is 0 Å². The maximum Gasteiger partial charge on any atom is 0.316 e. The molecule has 0 heterocycles. The third kappa shape index (κ3) is 4.48. The zero-order valence-corrected chi connectivity index (χ0v) is 13.3. The van der Waals surface area contributed by atoms with Gasteiger partial charge in [-0.2, -0.15) is 0 Å². The highest BCUT2D eigenvalue weighted by Crippen LogP contribution is 2.38. The minimum absolute atomic E-state index is 0.0209. The Balaban J connectivity index is 3.10. The molecule has 0 bridgehead atoms. The summed E-state index contributed by atoms with van der Waals surface area (Å²) in [6, 6.07) is 4.34. The van der Waals surface area contributed by atoms with Crippen LogP contribution < -0.4 is 9.47 Å². The minimum atomic E-state index is -0.742. The Hall–Kier alpha value is -2.04. The number of hydrogen-bond acceptors (Lipinski definition) is 5. The first-order valence-electron chi connectivity index (χ1n) is 6.69. The summed E-state index contributed by atoms with van der Waals surface area (Å²) in [6.07, 6.45) is 0. The van der Waals surface area contributed by atoms with Crippen LogP contribution in [0, 0.1) is 10.8 Å². The van der Waals surface area contributed by atoms with E-state index >= 15 is 0 Å². The van der Waals surface area contributed by atoms with Crippen molar-refractivity contribution in [2.75, 3.05) is 0 Å². The van der Waals surface area contributed by atoms with Gasteiger partial charge in [0.05, 0.1) is 10.8 Å². The number of carbonyl (C=O) groups is 2. The van der Waals surface area contributed by atoms with E-state index in [4.69, 9.17) is 9.47 Å². The number of benzene rings is 1. The molecule has 0 aliphatic carbocycles. The Morgan fingerprint density at radius 2 is 1.38 bits per heavy atom. The predicted octanol–water partition coefficient (Wildman–Crippen LogP) is 3.30. The number of hydrogen-bond donors (Lipinski definition) is 1. The molecule has 5 nitrogen and oxygen atoms in total. The summed E-state index contributed by atoms with van der Waals surface area (Å²) in [7, 11) is 0. The molecule has 0 saturated carbocycles. The molecule has 1 N–H and O–H groups in total. The quantitative estimate of drug-likeness (QED) is 0.669. The largest absolute Gasteiger partial charge is 0.504 e. The number of carbonyl (C=O) groups excluding carboxylic acids is 2. The van der Waals surface area contributed by atoms with Crippen LogP contribution in [0.25, 0.3) is 0 Å². The molecule has 0 aliphatic heterocycles. The van der Waals surface area contributed by atoms with Crippen molar-refractivity contribution >= 4 is 11.9 Å². The number of esters is 2. The summed E-state index contributed by atoms with van der Waals surface area (Å²) in [5, 5.41) is 9.85. The lowest BCUT2D eigenvalue weighted by Crippen LogP contribution is -2.27. The second kappa shape index (κ2) is 5.76. The lowest BCUT2D eigenvalue weighted by atomic mass is 9.97. The van der Waals surface area contributed by atoms with Gasteiger partial charge >= 0.3 is 11.9 Å². The third-order valence-corrected chi connectivity index (χ3v) is 2.58. The Bertz CT molecular complexity index is 547. The van der Waals surface area contributed by atoms with E-state index in [9.17, 15) is 14.7 Å². The highest BCUT2D eigenvalue weighted by Gasteiger charge is 2.29. The van der Waals surface area contributed by atoms with E-state index in [0.717, 1.165) is 0 Å². The molecule has 1 rings (SSSR count). The van der Waals surface area contributed by atoms with E-state index in [0.29, 0.717) is 0 Å². The first kappa shape index (κ1) is 17.0. The Morgan fingerprint density at radius 1 is 0.905 bits per heavy atom. The van der Waals surface area contributed by atoms with Gasteiger partial charge in [-0.15, -0.1) is 0 Å². The summed E-state index contributed by atoms with van der Waals surface area (Å²) >= 11 is 0. The second-order valence-electron chi connectivity index (χ2n) is 6.88. The summed E-state index contributed by atoms with van der Waals surface area (Å²) in [6.45, 7) is 10.2. The number of rotatable bonds is 2. The molecule has 0 fully saturated rings. The van der Waals surface area contributed by atoms with E-state index in [2.05, 4.69) is 0 Å². The van der Waals surface area contributed by atoms with E-state index in [1.54, 1.807) is 41.5 Å². The SMILES string of the molecule is CC(C)(C)C(=O)Oc1cccc(O)c1OC(=O)C(C)(C)C. The average molecular weight is 294 g/mol. The molecule has 0 amide bonds. The number of ether oxygens (including phenoxy) is 2. The molecule has 0 atom stereocenters. The average Bonchev–Trinajstić information content (AvgIpc) is 2.30. The Morgan fingerprint density at radius 3 is 1.86 bits per heavy atom. The van der Waals surface area contributed by atoms with Gasteiger partial charge in [-0.05, 0) is 53.7 Å². The molecule has 0 aromatic heterocycles. The molecule has 0 spiro atoms. The fourth-order valence-electron chi connectivity index (χ4n) is 1.19. The van der Waals surface area contributed by atoms with Gasteiger partial charge in [0.1, 0.15) is 0 Å². The fraction of sp³-hybridized carbons (Fsp3) is 0.500. The van der Waals surface area contributed by atoms with Crippen molar-refractivity contribution in [3.05, 3.63) is 18.2 Å². The molecule has 1 aromatic carbocycles. The van der Waals surface area contributed by atoms with Crippen molar-refractivity contribution in [2.45, 2.75) is 41.5 Å². The third-order valence-electron chi connectivity index (χ3n) is 2.58. The zero-order chi connectivity index (χ0) is 16.4. The molecular formula is C16H22O5. The maximum atomic E-state index is 11.9. The smallest absolute Gasteiger partial charge is 0.316 e. The van der Waals surface area contributed by atoms with E-state index in [1.165, 1.54) is 18.2 Å². The van der Waals surface area contributed by atoms with Crippen LogP contribution in [0.3, 0.4) is 0 Å². The van der Waals surface area contributed by atoms with Gasteiger partial charge in [-0.25, -0.2) is 0 Å². The molecule has 0 aliphatic rings. The van der Waals surface area contributed by atoms with Crippen LogP contribution >= 0.6 is 0 Å². The van der Waals surface area contributed by atoms with E-state index in [-0.39, 0.29) is 17.2 Å². The molecule has 21 heavy (non-hydrogen) atoms. The molecule has 116 valence electrons. The summed E-state index contributed by atoms with van der Waals surface area (Å²) in [4.78, 5) is 23.9. The van der Waals surface area contributed by atoms with Crippen molar-refractivity contribution in [3.8, 4) is 17.2 Å². The van der Waals surface area contributed by atoms with E-state index in [1.807, 2.05) is 0 Å². The molecule has 0 radical (unpaired) electrons. The van der Waals surface area contributed by atoms with Crippen molar-refractivity contribution < 1.29 is 24.2 Å². The summed E-state index contributed by atoms with van der Waals surface area (Å²) < 4.78 is 10.4. The standard InChI is InChI=1S/C16H22O5/c1-15(2,3)13(18)20-11-9-7-8-10(17)12(11)21-14(19)16(4,5)6/h7-9,17H,1-6H3. The predicted molar refractivity (Wildman–Crippen MR) is 78.3 cm³/mol. The summed E-state index contributed by atoms with van der Waals surface area (Å²) in [5.41, 5.74) is -1.45. The lowest BCUT2D eigenvalue weighted by molar-refractivity contribution is -0.145. The second-order valence-corrected chi connectivity index (χ2v) is 6.88. The topological polar surface area (TPSA) is 72.8 Å². The highest BCUT2D eigenvalue weighted by molar-refractivity contribution is 5.82. The van der Waals surface area contributed by atoms with Gasteiger partial charge in [0.25, 0.3) is 0 Å². The molecule has 1 aromatic rings. The van der Waals surface area contributed by atoms with E-state index < -0.39 is 22.8 Å². The molecule has 0 unspecified atom stereocenters. The Kier molecular flexibility index (Phi) is 4.66. The van der Waals surface area contributed by atoms with Crippen LogP contribution in [-0.4, -0.2) is 17.0 Å². The lowest BCUT2D eigenvalue weighted by Gasteiger charge is -2.20. The number of aromatic hydroxyl groups is 1. The first-order chi connectivity index (χ1) is 9.43. The van der Waals surface area contributed by atoms with Gasteiger partial charge < -0.3 is 14.6 Å². The van der Waals surface area contributed by atoms with Crippen LogP contribution in [-0.2, 0) is 9.59 Å². The number of phenolic OH excluding ortho intramolecular Hbond substituents is 1. The Labute approximate surface area is 124 Å². The molecule has 5 heteroatoms. The van der Waals surface area contributed by atoms with Crippen molar-refractivity contribution in [1.29, 1.82) is 0 Å². The summed E-state index contributed by atoms with van der Waals surface area (Å²) in [5.74, 6) is -1.40. The number of para-hydroxylation sites is 1. The van der Waals surface area contributed by atoms with Gasteiger partial charge in [-0.1, -0.05) is 6.07 Å². The normalized spacial score (nSPS) is 11.9. The monoisotopic (exact) mass is 294 g/mol.